The van der Waals surface area contributed by atoms with Crippen LogP contribution in [0.4, 0.5) is 13.2 Å². The standard InChI is InChI=1S/C10H19F3N2O/c1-8-3-4-9(14-8)7-15(2)5-6-16-10(11,12)13/h8-9,14H,3-7H2,1-2H3. The molecule has 1 fully saturated rings. The Hall–Kier alpha value is -0.330. The van der Waals surface area contributed by atoms with E-state index in [9.17, 15) is 13.2 Å². The van der Waals surface area contributed by atoms with E-state index in [0.717, 1.165) is 19.4 Å². The van der Waals surface area contributed by atoms with Crippen LogP contribution in [0.3, 0.4) is 0 Å². The van der Waals surface area contributed by atoms with E-state index in [1.54, 1.807) is 0 Å². The van der Waals surface area contributed by atoms with Crippen LogP contribution in [-0.2, 0) is 4.74 Å². The molecule has 1 aliphatic rings. The molecule has 2 atom stereocenters. The summed E-state index contributed by atoms with van der Waals surface area (Å²) in [5.41, 5.74) is 0. The Morgan fingerprint density at radius 2 is 2.06 bits per heavy atom. The second-order valence-electron chi connectivity index (χ2n) is 4.40. The van der Waals surface area contributed by atoms with Crippen molar-refractivity contribution in [2.24, 2.45) is 0 Å². The van der Waals surface area contributed by atoms with E-state index < -0.39 is 6.36 Å². The fourth-order valence-electron chi connectivity index (χ4n) is 1.95. The van der Waals surface area contributed by atoms with Gasteiger partial charge in [-0.15, -0.1) is 13.2 Å². The molecule has 0 aromatic heterocycles. The average Bonchev–Trinajstić information content (AvgIpc) is 2.48. The molecule has 1 aliphatic heterocycles. The van der Waals surface area contributed by atoms with Crippen LogP contribution in [0, 0.1) is 0 Å². The second-order valence-corrected chi connectivity index (χ2v) is 4.40. The van der Waals surface area contributed by atoms with Gasteiger partial charge in [0, 0.05) is 25.2 Å². The van der Waals surface area contributed by atoms with Gasteiger partial charge in [0.1, 0.15) is 0 Å². The van der Waals surface area contributed by atoms with E-state index >= 15 is 0 Å². The smallest absolute Gasteiger partial charge is 0.310 e. The summed E-state index contributed by atoms with van der Waals surface area (Å²) >= 11 is 0. The molecule has 96 valence electrons. The zero-order chi connectivity index (χ0) is 12.2. The first kappa shape index (κ1) is 13.7. The molecule has 0 bridgehead atoms. The Balaban J connectivity index is 2.09. The van der Waals surface area contributed by atoms with Crippen molar-refractivity contribution in [3.05, 3.63) is 0 Å². The van der Waals surface area contributed by atoms with Crippen molar-refractivity contribution >= 4 is 0 Å². The first-order valence-corrected chi connectivity index (χ1v) is 5.52. The maximum atomic E-state index is 11.7. The van der Waals surface area contributed by atoms with E-state index in [0.29, 0.717) is 18.6 Å². The quantitative estimate of drug-likeness (QED) is 0.790. The van der Waals surface area contributed by atoms with Crippen molar-refractivity contribution in [2.75, 3.05) is 26.7 Å². The Kier molecular flexibility index (Phi) is 5.01. The number of halogens is 3. The lowest BCUT2D eigenvalue weighted by molar-refractivity contribution is -0.324. The van der Waals surface area contributed by atoms with Gasteiger partial charge in [-0.05, 0) is 26.8 Å². The van der Waals surface area contributed by atoms with Gasteiger partial charge in [0.25, 0.3) is 0 Å². The highest BCUT2D eigenvalue weighted by molar-refractivity contribution is 4.82. The van der Waals surface area contributed by atoms with Gasteiger partial charge >= 0.3 is 6.36 Å². The summed E-state index contributed by atoms with van der Waals surface area (Å²) in [6.45, 7) is 2.88. The largest absolute Gasteiger partial charge is 0.522 e. The number of rotatable bonds is 5. The molecule has 6 heteroatoms. The van der Waals surface area contributed by atoms with Crippen molar-refractivity contribution in [3.8, 4) is 0 Å². The first-order valence-electron chi connectivity index (χ1n) is 5.52. The molecular weight excluding hydrogens is 221 g/mol. The van der Waals surface area contributed by atoms with Gasteiger partial charge in [-0.2, -0.15) is 0 Å². The molecule has 0 amide bonds. The number of hydrogen-bond acceptors (Lipinski definition) is 3. The molecule has 2 unspecified atom stereocenters. The summed E-state index contributed by atoms with van der Waals surface area (Å²) in [6, 6.07) is 0.913. The lowest BCUT2D eigenvalue weighted by atomic mass is 10.2. The summed E-state index contributed by atoms with van der Waals surface area (Å²) in [5, 5.41) is 3.39. The molecule has 1 rings (SSSR count). The second kappa shape index (κ2) is 5.84. The summed E-state index contributed by atoms with van der Waals surface area (Å²) in [7, 11) is 1.81. The maximum Gasteiger partial charge on any atom is 0.522 e. The van der Waals surface area contributed by atoms with Gasteiger partial charge in [-0.25, -0.2) is 0 Å². The third kappa shape index (κ3) is 5.67. The van der Waals surface area contributed by atoms with Crippen molar-refractivity contribution in [3.63, 3.8) is 0 Å². The fraction of sp³-hybridized carbons (Fsp3) is 1.00. The number of likely N-dealkylation sites (N-methyl/N-ethyl adjacent to an activating group) is 1. The minimum Gasteiger partial charge on any atom is -0.310 e. The van der Waals surface area contributed by atoms with Crippen LogP contribution in [0.15, 0.2) is 0 Å². The number of nitrogens with zero attached hydrogens (tertiary/aromatic N) is 1. The zero-order valence-corrected chi connectivity index (χ0v) is 9.68. The van der Waals surface area contributed by atoms with Crippen LogP contribution in [0.5, 0.6) is 0 Å². The van der Waals surface area contributed by atoms with Crippen molar-refractivity contribution in [2.45, 2.75) is 38.2 Å². The van der Waals surface area contributed by atoms with Crippen molar-refractivity contribution in [1.82, 2.24) is 10.2 Å². The van der Waals surface area contributed by atoms with Gasteiger partial charge in [-0.1, -0.05) is 0 Å². The average molecular weight is 240 g/mol. The Morgan fingerprint density at radius 3 is 2.56 bits per heavy atom. The normalized spacial score (nSPS) is 26.6. The molecule has 0 aromatic carbocycles. The predicted molar refractivity (Wildman–Crippen MR) is 55.1 cm³/mol. The summed E-state index contributed by atoms with van der Waals surface area (Å²) in [4.78, 5) is 1.86. The predicted octanol–water partition coefficient (Wildman–Crippen LogP) is 1.60. The Labute approximate surface area is 93.9 Å². The van der Waals surface area contributed by atoms with Crippen LogP contribution in [-0.4, -0.2) is 50.1 Å². The molecule has 1 heterocycles. The molecule has 1 N–H and O–H groups in total. The minimum absolute atomic E-state index is 0.298. The lowest BCUT2D eigenvalue weighted by Gasteiger charge is -2.21. The zero-order valence-electron chi connectivity index (χ0n) is 9.68. The number of hydrogen-bond donors (Lipinski definition) is 1. The summed E-state index contributed by atoms with van der Waals surface area (Å²) in [6.07, 6.45) is -2.29. The Bertz CT molecular complexity index is 211. The van der Waals surface area contributed by atoms with Crippen LogP contribution >= 0.6 is 0 Å². The van der Waals surface area contributed by atoms with E-state index in [1.807, 2.05) is 11.9 Å². The highest BCUT2D eigenvalue weighted by atomic mass is 19.4. The van der Waals surface area contributed by atoms with Crippen LogP contribution < -0.4 is 5.32 Å². The molecule has 3 nitrogen and oxygen atoms in total. The van der Waals surface area contributed by atoms with Gasteiger partial charge < -0.3 is 10.2 Å². The maximum absolute atomic E-state index is 11.7. The van der Waals surface area contributed by atoms with Gasteiger partial charge in [0.15, 0.2) is 0 Å². The molecule has 0 aliphatic carbocycles. The SMILES string of the molecule is CC1CCC(CN(C)CCOC(F)(F)F)N1. The minimum atomic E-state index is -4.51. The molecule has 0 radical (unpaired) electrons. The lowest BCUT2D eigenvalue weighted by Crippen LogP contribution is -2.39. The fourth-order valence-corrected chi connectivity index (χ4v) is 1.95. The van der Waals surface area contributed by atoms with Crippen LogP contribution in [0.1, 0.15) is 19.8 Å². The molecule has 0 aromatic rings. The van der Waals surface area contributed by atoms with Crippen LogP contribution in [0.25, 0.3) is 0 Å². The van der Waals surface area contributed by atoms with E-state index in [-0.39, 0.29) is 6.61 Å². The summed E-state index contributed by atoms with van der Waals surface area (Å²) < 4.78 is 38.9. The molecule has 0 spiro atoms. The number of ether oxygens (including phenoxy) is 1. The van der Waals surface area contributed by atoms with Gasteiger partial charge in [-0.3, -0.25) is 4.74 Å². The summed E-state index contributed by atoms with van der Waals surface area (Å²) in [5.74, 6) is 0. The van der Waals surface area contributed by atoms with E-state index in [2.05, 4.69) is 17.0 Å². The highest BCUT2D eigenvalue weighted by Crippen LogP contribution is 2.16. The number of alkyl halides is 3. The third-order valence-corrected chi connectivity index (χ3v) is 2.74. The van der Waals surface area contributed by atoms with Crippen molar-refractivity contribution in [1.29, 1.82) is 0 Å². The van der Waals surface area contributed by atoms with Gasteiger partial charge in [0.05, 0.1) is 6.61 Å². The molecule has 1 saturated heterocycles. The van der Waals surface area contributed by atoms with E-state index in [4.69, 9.17) is 0 Å². The van der Waals surface area contributed by atoms with Crippen molar-refractivity contribution < 1.29 is 17.9 Å². The monoisotopic (exact) mass is 240 g/mol. The van der Waals surface area contributed by atoms with Gasteiger partial charge in [0.2, 0.25) is 0 Å². The topological polar surface area (TPSA) is 24.5 Å². The van der Waals surface area contributed by atoms with Crippen LogP contribution in [0.2, 0.25) is 0 Å². The highest BCUT2D eigenvalue weighted by Gasteiger charge is 2.29. The third-order valence-electron chi connectivity index (χ3n) is 2.74. The number of nitrogens with one attached hydrogen (secondary N) is 1. The van der Waals surface area contributed by atoms with E-state index in [1.165, 1.54) is 0 Å². The molecular formula is C10H19F3N2O. The molecule has 0 saturated carbocycles. The molecule has 16 heavy (non-hydrogen) atoms. The first-order chi connectivity index (χ1) is 7.37. The Morgan fingerprint density at radius 1 is 1.38 bits per heavy atom.